The summed E-state index contributed by atoms with van der Waals surface area (Å²) in [5, 5.41) is 0. The van der Waals surface area contributed by atoms with Crippen molar-refractivity contribution in [3.05, 3.63) is 71.0 Å². The van der Waals surface area contributed by atoms with E-state index in [4.69, 9.17) is 10.5 Å². The van der Waals surface area contributed by atoms with Crippen molar-refractivity contribution in [2.75, 3.05) is 5.73 Å². The molecule has 5 heteroatoms. The first-order chi connectivity index (χ1) is 10.7. The van der Waals surface area contributed by atoms with Crippen LogP contribution in [0.3, 0.4) is 0 Å². The zero-order chi connectivity index (χ0) is 15.4. The molecule has 0 unspecified atom stereocenters. The Bertz CT molecular complexity index is 778. The number of nitrogens with two attached hydrogens (primary N) is 1. The summed E-state index contributed by atoms with van der Waals surface area (Å²) < 4.78 is 6.46. The molecule has 0 atom stereocenters. The van der Waals surface area contributed by atoms with Gasteiger partial charge in [-0.05, 0) is 33.6 Å². The van der Waals surface area contributed by atoms with Crippen LogP contribution in [-0.2, 0) is 6.61 Å². The number of anilines is 1. The second-order valence-corrected chi connectivity index (χ2v) is 5.45. The maximum Gasteiger partial charge on any atom is 0.156 e. The molecular weight excluding hydrogens is 342 g/mol. The second-order valence-electron chi connectivity index (χ2n) is 4.70. The van der Waals surface area contributed by atoms with E-state index < -0.39 is 0 Å². The first kappa shape index (κ1) is 14.5. The molecule has 4 nitrogen and oxygen atoms in total. The Morgan fingerprint density at radius 1 is 1.00 bits per heavy atom. The van der Waals surface area contributed by atoms with E-state index in [2.05, 4.69) is 25.9 Å². The van der Waals surface area contributed by atoms with Crippen LogP contribution >= 0.6 is 15.9 Å². The summed E-state index contributed by atoms with van der Waals surface area (Å²) in [6.07, 6.45) is 1.64. The van der Waals surface area contributed by atoms with Gasteiger partial charge in [-0.2, -0.15) is 0 Å². The van der Waals surface area contributed by atoms with Gasteiger partial charge in [0.25, 0.3) is 0 Å². The summed E-state index contributed by atoms with van der Waals surface area (Å²) in [6.45, 7) is 0.501. The van der Waals surface area contributed by atoms with Crippen LogP contribution in [-0.4, -0.2) is 9.97 Å². The van der Waals surface area contributed by atoms with Crippen molar-refractivity contribution in [2.24, 2.45) is 0 Å². The van der Waals surface area contributed by atoms with Crippen LogP contribution in [0.5, 0.6) is 5.75 Å². The van der Waals surface area contributed by atoms with Gasteiger partial charge in [0.05, 0.1) is 11.9 Å². The van der Waals surface area contributed by atoms with Gasteiger partial charge in [0, 0.05) is 5.56 Å². The number of benzene rings is 2. The molecule has 1 heterocycles. The van der Waals surface area contributed by atoms with Gasteiger partial charge in [0.1, 0.15) is 17.0 Å². The highest BCUT2D eigenvalue weighted by molar-refractivity contribution is 9.10. The van der Waals surface area contributed by atoms with E-state index in [-0.39, 0.29) is 0 Å². The molecule has 0 fully saturated rings. The lowest BCUT2D eigenvalue weighted by atomic mass is 10.1. The third-order valence-electron chi connectivity index (χ3n) is 3.16. The fraction of sp³-hybridized carbons (Fsp3) is 0.0588. The Hall–Kier alpha value is -2.40. The van der Waals surface area contributed by atoms with E-state index >= 15 is 0 Å². The number of para-hydroxylation sites is 1. The van der Waals surface area contributed by atoms with Gasteiger partial charge in [-0.3, -0.25) is 0 Å². The predicted molar refractivity (Wildman–Crippen MR) is 90.4 cm³/mol. The summed E-state index contributed by atoms with van der Waals surface area (Å²) in [5.74, 6) is 1.13. The first-order valence-corrected chi connectivity index (χ1v) is 7.57. The molecule has 22 heavy (non-hydrogen) atoms. The standard InChI is InChI=1S/C17H14BrN3O/c18-16-17(19)20-10-14(21-16)13-8-4-5-9-15(13)22-11-12-6-2-1-3-7-12/h1-10H,11H2,(H2,19,20). The van der Waals surface area contributed by atoms with Crippen LogP contribution in [0.15, 0.2) is 65.4 Å². The van der Waals surface area contributed by atoms with Crippen molar-refractivity contribution in [3.63, 3.8) is 0 Å². The normalized spacial score (nSPS) is 10.4. The van der Waals surface area contributed by atoms with E-state index in [0.717, 1.165) is 16.9 Å². The number of halogens is 1. The van der Waals surface area contributed by atoms with E-state index in [1.165, 1.54) is 0 Å². The summed E-state index contributed by atoms with van der Waals surface area (Å²) >= 11 is 3.30. The molecule has 0 aliphatic carbocycles. The molecular formula is C17H14BrN3O. The highest BCUT2D eigenvalue weighted by Crippen LogP contribution is 2.30. The van der Waals surface area contributed by atoms with E-state index in [0.29, 0.717) is 22.7 Å². The van der Waals surface area contributed by atoms with Crippen LogP contribution in [0.1, 0.15) is 5.56 Å². The molecule has 110 valence electrons. The van der Waals surface area contributed by atoms with E-state index in [1.807, 2.05) is 54.6 Å². The zero-order valence-corrected chi connectivity index (χ0v) is 13.3. The molecule has 0 bridgehead atoms. The highest BCUT2D eigenvalue weighted by Gasteiger charge is 2.10. The number of rotatable bonds is 4. The van der Waals surface area contributed by atoms with Crippen molar-refractivity contribution in [3.8, 4) is 17.0 Å². The van der Waals surface area contributed by atoms with Gasteiger partial charge in [-0.25, -0.2) is 9.97 Å². The van der Waals surface area contributed by atoms with Crippen LogP contribution in [0.25, 0.3) is 11.3 Å². The Morgan fingerprint density at radius 2 is 1.73 bits per heavy atom. The van der Waals surface area contributed by atoms with Gasteiger partial charge in [-0.1, -0.05) is 42.5 Å². The topological polar surface area (TPSA) is 61.0 Å². The van der Waals surface area contributed by atoms with Crippen molar-refractivity contribution in [2.45, 2.75) is 6.61 Å². The number of nitrogens with zero attached hydrogens (tertiary/aromatic N) is 2. The fourth-order valence-electron chi connectivity index (χ4n) is 2.05. The summed E-state index contributed by atoms with van der Waals surface area (Å²) in [7, 11) is 0. The number of hydrogen-bond donors (Lipinski definition) is 1. The molecule has 0 spiro atoms. The smallest absolute Gasteiger partial charge is 0.156 e. The zero-order valence-electron chi connectivity index (χ0n) is 11.7. The molecule has 2 N–H and O–H groups in total. The second kappa shape index (κ2) is 6.58. The third-order valence-corrected chi connectivity index (χ3v) is 3.74. The average molecular weight is 356 g/mol. The van der Waals surface area contributed by atoms with Crippen molar-refractivity contribution in [1.82, 2.24) is 9.97 Å². The number of hydrogen-bond acceptors (Lipinski definition) is 4. The van der Waals surface area contributed by atoms with Crippen molar-refractivity contribution in [1.29, 1.82) is 0 Å². The molecule has 3 rings (SSSR count). The average Bonchev–Trinajstić information content (AvgIpc) is 2.57. The van der Waals surface area contributed by atoms with Crippen LogP contribution < -0.4 is 10.5 Å². The van der Waals surface area contributed by atoms with Crippen LogP contribution in [0.2, 0.25) is 0 Å². The lowest BCUT2D eigenvalue weighted by Crippen LogP contribution is -1.99. The third kappa shape index (κ3) is 3.26. The minimum Gasteiger partial charge on any atom is -0.488 e. The monoisotopic (exact) mass is 355 g/mol. The van der Waals surface area contributed by atoms with Gasteiger partial charge in [0.2, 0.25) is 0 Å². The summed E-state index contributed by atoms with van der Waals surface area (Å²) in [5.41, 5.74) is 8.39. The molecule has 1 aromatic heterocycles. The lowest BCUT2D eigenvalue weighted by molar-refractivity contribution is 0.307. The minimum absolute atomic E-state index is 0.367. The Balaban J connectivity index is 1.88. The van der Waals surface area contributed by atoms with Crippen LogP contribution in [0.4, 0.5) is 5.82 Å². The molecule has 2 aromatic carbocycles. The Morgan fingerprint density at radius 3 is 2.50 bits per heavy atom. The summed E-state index contributed by atoms with van der Waals surface area (Å²) in [4.78, 5) is 8.54. The van der Waals surface area contributed by atoms with Gasteiger partial charge >= 0.3 is 0 Å². The summed E-state index contributed by atoms with van der Waals surface area (Å²) in [6, 6.07) is 17.8. The number of aromatic nitrogens is 2. The SMILES string of the molecule is Nc1ncc(-c2ccccc2OCc2ccccc2)nc1Br. The number of nitrogen functional groups attached to an aromatic ring is 1. The largest absolute Gasteiger partial charge is 0.488 e. The molecule has 0 saturated heterocycles. The minimum atomic E-state index is 0.367. The molecule has 3 aromatic rings. The molecule has 0 radical (unpaired) electrons. The fourth-order valence-corrected chi connectivity index (χ4v) is 2.34. The van der Waals surface area contributed by atoms with E-state index in [1.54, 1.807) is 6.20 Å². The molecule has 0 aliphatic rings. The predicted octanol–water partition coefficient (Wildman–Crippen LogP) is 4.07. The maximum absolute atomic E-state index is 5.93. The maximum atomic E-state index is 5.93. The molecule has 0 amide bonds. The van der Waals surface area contributed by atoms with Gasteiger partial charge in [0.15, 0.2) is 5.82 Å². The highest BCUT2D eigenvalue weighted by atomic mass is 79.9. The van der Waals surface area contributed by atoms with Crippen molar-refractivity contribution >= 4 is 21.7 Å². The van der Waals surface area contributed by atoms with Gasteiger partial charge < -0.3 is 10.5 Å². The van der Waals surface area contributed by atoms with Crippen LogP contribution in [0, 0.1) is 0 Å². The lowest BCUT2D eigenvalue weighted by Gasteiger charge is -2.11. The first-order valence-electron chi connectivity index (χ1n) is 6.78. The quantitative estimate of drug-likeness (QED) is 0.766. The van der Waals surface area contributed by atoms with Gasteiger partial charge in [-0.15, -0.1) is 0 Å². The Kier molecular flexibility index (Phi) is 4.34. The molecule has 0 aliphatic heterocycles. The van der Waals surface area contributed by atoms with E-state index in [9.17, 15) is 0 Å². The Labute approximate surface area is 137 Å². The van der Waals surface area contributed by atoms with Crippen molar-refractivity contribution < 1.29 is 4.74 Å². The molecule has 0 saturated carbocycles. The number of ether oxygens (including phenoxy) is 1.